The molecule has 2 heterocycles. The number of pyridine rings is 1. The quantitative estimate of drug-likeness (QED) is 0.533. The lowest BCUT2D eigenvalue weighted by atomic mass is 10.1. The van der Waals surface area contributed by atoms with Crippen molar-refractivity contribution in [2.45, 2.75) is 26.5 Å². The van der Waals surface area contributed by atoms with Crippen LogP contribution in [0, 0.1) is 0 Å². The first-order valence-electron chi connectivity index (χ1n) is 9.26. The molecule has 2 aromatic rings. The predicted octanol–water partition coefficient (Wildman–Crippen LogP) is 4.65. The first kappa shape index (κ1) is 18.8. The fraction of sp³-hybridized carbons (Fsp3) is 0.261. The molecule has 0 amide bonds. The molecule has 0 N–H and O–H groups in total. The number of benzene rings is 1. The van der Waals surface area contributed by atoms with Gasteiger partial charge in [-0.05, 0) is 50.1 Å². The Hall–Kier alpha value is -2.94. The highest BCUT2D eigenvalue weighted by Gasteiger charge is 2.10. The maximum absolute atomic E-state index is 5.89. The summed E-state index contributed by atoms with van der Waals surface area (Å²) in [5.41, 5.74) is 7.64. The van der Waals surface area contributed by atoms with Gasteiger partial charge in [0.2, 0.25) is 0 Å². The van der Waals surface area contributed by atoms with E-state index in [0.29, 0.717) is 6.61 Å². The Morgan fingerprint density at radius 2 is 2.15 bits per heavy atom. The van der Waals surface area contributed by atoms with Crippen molar-refractivity contribution in [1.82, 2.24) is 4.98 Å². The molecule has 27 heavy (non-hydrogen) atoms. The maximum atomic E-state index is 5.89. The number of rotatable bonds is 7. The number of nitrogens with zero attached hydrogens (tertiary/aromatic N) is 3. The number of allylic oxidation sites excluding steroid dienone is 3. The van der Waals surface area contributed by atoms with Crippen LogP contribution in [0.15, 0.2) is 77.7 Å². The molecule has 0 radical (unpaired) electrons. The minimum absolute atomic E-state index is 0.217. The number of fused-ring (bicyclic) bond motifs is 1. The third-order valence-electron chi connectivity index (χ3n) is 4.36. The minimum Gasteiger partial charge on any atom is -0.355 e. The fourth-order valence-electron chi connectivity index (χ4n) is 2.90. The average molecular weight is 359 g/mol. The number of hydrogen-bond donors (Lipinski definition) is 0. The normalized spacial score (nSPS) is 15.0. The summed E-state index contributed by atoms with van der Waals surface area (Å²) < 4.78 is 5.89. The second-order valence-electron chi connectivity index (χ2n) is 6.23. The van der Waals surface area contributed by atoms with Gasteiger partial charge in [0, 0.05) is 36.4 Å². The van der Waals surface area contributed by atoms with E-state index in [1.165, 1.54) is 11.3 Å². The predicted molar refractivity (Wildman–Crippen MR) is 112 cm³/mol. The second kappa shape index (κ2) is 9.67. The number of hydrogen-bond acceptors (Lipinski definition) is 4. The van der Waals surface area contributed by atoms with Crippen molar-refractivity contribution in [3.05, 3.63) is 84.0 Å². The summed E-state index contributed by atoms with van der Waals surface area (Å²) in [5.74, 6) is 0. The van der Waals surface area contributed by atoms with Gasteiger partial charge in [0.05, 0.1) is 12.3 Å². The van der Waals surface area contributed by atoms with Crippen LogP contribution in [0.5, 0.6) is 0 Å². The van der Waals surface area contributed by atoms with E-state index in [1.807, 2.05) is 50.5 Å². The topological polar surface area (TPSA) is 37.7 Å². The van der Waals surface area contributed by atoms with Crippen LogP contribution in [0.3, 0.4) is 0 Å². The monoisotopic (exact) mass is 359 g/mol. The van der Waals surface area contributed by atoms with Gasteiger partial charge in [0.25, 0.3) is 0 Å². The summed E-state index contributed by atoms with van der Waals surface area (Å²) in [6.07, 6.45) is 10.4. The Morgan fingerprint density at radius 1 is 1.30 bits per heavy atom. The van der Waals surface area contributed by atoms with E-state index in [0.717, 1.165) is 24.2 Å². The van der Waals surface area contributed by atoms with E-state index in [2.05, 4.69) is 50.9 Å². The molecular formula is C23H25N3O. The summed E-state index contributed by atoms with van der Waals surface area (Å²) in [6.45, 7) is 5.28. The first-order chi connectivity index (χ1) is 13.3. The van der Waals surface area contributed by atoms with Crippen molar-refractivity contribution >= 4 is 17.5 Å². The fourth-order valence-corrected chi connectivity index (χ4v) is 2.90. The van der Waals surface area contributed by atoms with Crippen LogP contribution >= 0.6 is 0 Å². The van der Waals surface area contributed by atoms with Gasteiger partial charge in [-0.15, -0.1) is 5.73 Å². The number of ether oxygens (including phenoxy) is 1. The van der Waals surface area contributed by atoms with Crippen LogP contribution in [0.25, 0.3) is 5.57 Å². The van der Waals surface area contributed by atoms with E-state index >= 15 is 0 Å². The number of para-hydroxylation sites is 1. The summed E-state index contributed by atoms with van der Waals surface area (Å²) >= 11 is 0. The molecule has 0 saturated carbocycles. The van der Waals surface area contributed by atoms with Crippen LogP contribution in [0.1, 0.15) is 25.1 Å². The smallest absolute Gasteiger partial charge is 0.145 e. The summed E-state index contributed by atoms with van der Waals surface area (Å²) in [4.78, 5) is 11.1. The van der Waals surface area contributed by atoms with E-state index < -0.39 is 0 Å². The molecule has 0 saturated heterocycles. The summed E-state index contributed by atoms with van der Waals surface area (Å²) in [5, 5.41) is 0. The van der Waals surface area contributed by atoms with Crippen molar-refractivity contribution in [2.75, 3.05) is 18.1 Å². The largest absolute Gasteiger partial charge is 0.355 e. The van der Waals surface area contributed by atoms with E-state index in [9.17, 15) is 0 Å². The average Bonchev–Trinajstić information content (AvgIpc) is 2.92. The summed E-state index contributed by atoms with van der Waals surface area (Å²) in [6, 6.07) is 14.3. The Labute approximate surface area is 161 Å². The van der Waals surface area contributed by atoms with Gasteiger partial charge in [0.15, 0.2) is 0 Å². The highest BCUT2D eigenvalue weighted by molar-refractivity contribution is 6.08. The lowest BCUT2D eigenvalue weighted by Gasteiger charge is -2.22. The molecule has 0 aliphatic carbocycles. The highest BCUT2D eigenvalue weighted by atomic mass is 16.5. The van der Waals surface area contributed by atoms with Crippen LogP contribution in [-0.4, -0.2) is 30.6 Å². The molecule has 1 unspecified atom stereocenters. The molecule has 1 atom stereocenters. The summed E-state index contributed by atoms with van der Waals surface area (Å²) in [7, 11) is 0. The molecule has 0 spiro atoms. The molecule has 138 valence electrons. The number of aromatic nitrogens is 1. The van der Waals surface area contributed by atoms with E-state index in [4.69, 9.17) is 4.74 Å². The minimum atomic E-state index is -0.217. The van der Waals surface area contributed by atoms with Gasteiger partial charge in [0.1, 0.15) is 6.23 Å². The molecule has 0 bridgehead atoms. The first-order valence-corrected chi connectivity index (χ1v) is 9.26. The molecule has 4 nitrogen and oxygen atoms in total. The van der Waals surface area contributed by atoms with Gasteiger partial charge in [-0.3, -0.25) is 9.98 Å². The van der Waals surface area contributed by atoms with Gasteiger partial charge >= 0.3 is 0 Å². The van der Waals surface area contributed by atoms with Gasteiger partial charge < -0.3 is 9.64 Å². The third-order valence-corrected chi connectivity index (χ3v) is 4.36. The molecule has 3 rings (SSSR count). The van der Waals surface area contributed by atoms with Crippen molar-refractivity contribution in [2.24, 2.45) is 4.99 Å². The molecule has 0 fully saturated rings. The zero-order chi connectivity index (χ0) is 18.9. The SMILES string of the molecule is C/C=C(\C=N/C(C)OCCN1C=C=CCc2ccccc21)c1ccccn1. The molecule has 4 heteroatoms. The molecule has 1 aliphatic heterocycles. The molecular weight excluding hydrogens is 334 g/mol. The lowest BCUT2D eigenvalue weighted by molar-refractivity contribution is 0.0788. The number of anilines is 1. The van der Waals surface area contributed by atoms with Gasteiger partial charge in [-0.2, -0.15) is 0 Å². The van der Waals surface area contributed by atoms with Crippen molar-refractivity contribution in [3.63, 3.8) is 0 Å². The second-order valence-corrected chi connectivity index (χ2v) is 6.23. The zero-order valence-electron chi connectivity index (χ0n) is 15.9. The van der Waals surface area contributed by atoms with Gasteiger partial charge in [-0.25, -0.2) is 0 Å². The number of aliphatic imine (C=N–C) groups is 1. The maximum Gasteiger partial charge on any atom is 0.145 e. The van der Waals surface area contributed by atoms with Crippen LogP contribution in [-0.2, 0) is 11.2 Å². The molecule has 1 aromatic carbocycles. The lowest BCUT2D eigenvalue weighted by Crippen LogP contribution is -2.23. The molecule has 1 aliphatic rings. The van der Waals surface area contributed by atoms with Crippen molar-refractivity contribution in [1.29, 1.82) is 0 Å². The van der Waals surface area contributed by atoms with Crippen LogP contribution in [0.2, 0.25) is 0 Å². The van der Waals surface area contributed by atoms with E-state index in [1.54, 1.807) is 6.20 Å². The third kappa shape index (κ3) is 5.27. The van der Waals surface area contributed by atoms with Gasteiger partial charge in [-0.1, -0.05) is 30.3 Å². The Balaban J connectivity index is 1.54. The Morgan fingerprint density at radius 3 is 2.96 bits per heavy atom. The van der Waals surface area contributed by atoms with Crippen molar-refractivity contribution in [3.8, 4) is 0 Å². The standard InChI is InChI=1S/C23H25N3O/c1-3-20(22-12-6-8-14-24-22)18-25-19(2)27-17-16-26-15-9-7-11-21-10-4-5-13-23(21)26/h3-8,10,12-15,18-19H,11,16-17H2,1-2H3/b20-3+,25-18-. The van der Waals surface area contributed by atoms with Crippen molar-refractivity contribution < 1.29 is 4.74 Å². The zero-order valence-corrected chi connectivity index (χ0v) is 15.9. The van der Waals surface area contributed by atoms with Crippen LogP contribution in [0.4, 0.5) is 5.69 Å². The Bertz CT molecular complexity index is 864. The molecule has 1 aromatic heterocycles. The van der Waals surface area contributed by atoms with E-state index in [-0.39, 0.29) is 6.23 Å². The highest BCUT2D eigenvalue weighted by Crippen LogP contribution is 2.23. The Kier molecular flexibility index (Phi) is 6.75. The van der Waals surface area contributed by atoms with Crippen LogP contribution < -0.4 is 4.90 Å².